The zero-order valence-corrected chi connectivity index (χ0v) is 14.8. The van der Waals surface area contributed by atoms with Gasteiger partial charge in [-0.05, 0) is 36.8 Å². The van der Waals surface area contributed by atoms with E-state index < -0.39 is 20.0 Å². The maximum absolute atomic E-state index is 12.1. The summed E-state index contributed by atoms with van der Waals surface area (Å²) in [4.78, 5) is 4.33. The number of alkyl halides is 3. The number of rotatable bonds is 7. The van der Waals surface area contributed by atoms with Gasteiger partial charge in [0.1, 0.15) is 18.1 Å². The van der Waals surface area contributed by atoms with Gasteiger partial charge in [-0.1, -0.05) is 12.1 Å². The smallest absolute Gasteiger partial charge is 0.494 e. The lowest BCUT2D eigenvalue weighted by Gasteiger charge is -2.15. The topological polar surface area (TPSA) is 52.6 Å². The lowest BCUT2D eigenvalue weighted by molar-refractivity contribution is -0.325. The zero-order valence-electron chi connectivity index (χ0n) is 17.8. The Bertz CT molecular complexity index is 1060. The number of aryl methyl sites for hydroxylation is 1. The van der Waals surface area contributed by atoms with Crippen molar-refractivity contribution in [3.63, 3.8) is 0 Å². The normalized spacial score (nSPS) is 13.5. The number of fused-ring (bicyclic) bond motifs is 1. The summed E-state index contributed by atoms with van der Waals surface area (Å²) in [6.07, 6.45) is -3.13. The van der Waals surface area contributed by atoms with E-state index in [-0.39, 0.29) is 18.1 Å². The van der Waals surface area contributed by atoms with Crippen molar-refractivity contribution in [2.45, 2.75) is 13.3 Å². The van der Waals surface area contributed by atoms with Gasteiger partial charge in [0, 0.05) is 23.3 Å². The fourth-order valence-electron chi connectivity index (χ4n) is 2.61. The summed E-state index contributed by atoms with van der Waals surface area (Å²) in [5.41, 5.74) is 2.81. The van der Waals surface area contributed by atoms with Crippen LogP contribution < -0.4 is 14.8 Å². The Hall–Kier alpha value is -3.00. The molecule has 3 rings (SSSR count). The maximum Gasteiger partial charge on any atom is 0.522 e. The molecule has 0 aliphatic heterocycles. The summed E-state index contributed by atoms with van der Waals surface area (Å²) in [5, 5.41) is 3.95. The number of pyridine rings is 1. The van der Waals surface area contributed by atoms with Crippen molar-refractivity contribution in [2.24, 2.45) is 0 Å². The van der Waals surface area contributed by atoms with Crippen molar-refractivity contribution in [1.82, 2.24) is 4.98 Å². The summed E-state index contributed by atoms with van der Waals surface area (Å²) in [6, 6.07) is 11.8. The van der Waals surface area contributed by atoms with Crippen LogP contribution in [-0.2, 0) is 4.74 Å². The number of methoxy groups -OCH3 is 1. The number of halogens is 3. The molecular weight excluding hydrogens is 373 g/mol. The van der Waals surface area contributed by atoms with E-state index in [9.17, 15) is 13.2 Å². The first-order chi connectivity index (χ1) is 14.5. The minimum absolute atomic E-state index is 0.0497. The van der Waals surface area contributed by atoms with Crippen LogP contribution in [0.1, 0.15) is 9.68 Å². The van der Waals surface area contributed by atoms with E-state index in [1.807, 2.05) is 25.1 Å². The number of hydrogen-bond donors (Lipinski definition) is 1. The predicted molar refractivity (Wildman–Crippen MR) is 100 cm³/mol. The first-order valence-corrected chi connectivity index (χ1v) is 8.29. The standard InChI is InChI=1S/C20H19F3N2O3/c1-13-3-5-15-16(7-8-24-18(15)11-13)25-17-6-4-14(12-19(17)26-2)27-9-10-28-20(21,22)23/h3-8,11-12H,9-10H2,1-2H3,(H,24,25)/i2D3. The SMILES string of the molecule is [2H]C([2H])([2H])Oc1cc(OCCOC(F)(F)F)ccc1Nc1ccnc2cc(C)ccc12. The molecule has 0 atom stereocenters. The summed E-state index contributed by atoms with van der Waals surface area (Å²) >= 11 is 0. The van der Waals surface area contributed by atoms with Gasteiger partial charge in [-0.2, -0.15) is 0 Å². The van der Waals surface area contributed by atoms with Gasteiger partial charge >= 0.3 is 6.36 Å². The number of benzene rings is 2. The largest absolute Gasteiger partial charge is 0.522 e. The van der Waals surface area contributed by atoms with E-state index in [0.717, 1.165) is 16.5 Å². The van der Waals surface area contributed by atoms with Crippen LogP contribution in [0.15, 0.2) is 48.7 Å². The van der Waals surface area contributed by atoms with E-state index in [4.69, 9.17) is 13.6 Å². The molecule has 1 N–H and O–H groups in total. The van der Waals surface area contributed by atoms with Gasteiger partial charge in [0.05, 0.1) is 29.0 Å². The Morgan fingerprint density at radius 1 is 1.07 bits per heavy atom. The molecule has 0 saturated heterocycles. The van der Waals surface area contributed by atoms with E-state index >= 15 is 0 Å². The highest BCUT2D eigenvalue weighted by Crippen LogP contribution is 2.33. The summed E-state index contributed by atoms with van der Waals surface area (Å²) < 4.78 is 72.3. The van der Waals surface area contributed by atoms with Crippen molar-refractivity contribution in [2.75, 3.05) is 25.6 Å². The zero-order chi connectivity index (χ0) is 22.6. The molecule has 148 valence electrons. The van der Waals surface area contributed by atoms with Crippen molar-refractivity contribution in [3.8, 4) is 11.5 Å². The van der Waals surface area contributed by atoms with E-state index in [0.29, 0.717) is 11.4 Å². The highest BCUT2D eigenvalue weighted by Gasteiger charge is 2.28. The number of aromatic nitrogens is 1. The minimum Gasteiger partial charge on any atom is -0.494 e. The molecule has 0 aliphatic rings. The molecular formula is C20H19F3N2O3. The van der Waals surface area contributed by atoms with Gasteiger partial charge in [0.2, 0.25) is 0 Å². The molecule has 0 bridgehead atoms. The molecule has 1 aromatic heterocycles. The first-order valence-electron chi connectivity index (χ1n) is 9.79. The average Bonchev–Trinajstić information content (AvgIpc) is 2.65. The van der Waals surface area contributed by atoms with E-state index in [1.54, 1.807) is 12.3 Å². The number of ether oxygens (including phenoxy) is 3. The molecule has 0 spiro atoms. The Kier molecular flexibility index (Phi) is 4.77. The van der Waals surface area contributed by atoms with Gasteiger partial charge in [-0.3, -0.25) is 9.72 Å². The average molecular weight is 395 g/mol. The van der Waals surface area contributed by atoms with Crippen LogP contribution in [0.3, 0.4) is 0 Å². The van der Waals surface area contributed by atoms with Crippen LogP contribution in [0.5, 0.6) is 11.5 Å². The number of anilines is 2. The molecule has 8 heteroatoms. The van der Waals surface area contributed by atoms with Gasteiger partial charge in [0.15, 0.2) is 0 Å². The third kappa shape index (κ3) is 5.04. The Labute approximate surface area is 164 Å². The quantitative estimate of drug-likeness (QED) is 0.557. The third-order valence-electron chi connectivity index (χ3n) is 3.85. The Balaban J connectivity index is 1.84. The fourth-order valence-corrected chi connectivity index (χ4v) is 2.61. The van der Waals surface area contributed by atoms with Crippen molar-refractivity contribution < 1.29 is 31.5 Å². The van der Waals surface area contributed by atoms with Gasteiger partial charge in [-0.25, -0.2) is 0 Å². The molecule has 2 aromatic carbocycles. The maximum atomic E-state index is 12.1. The fraction of sp³-hybridized carbons (Fsp3) is 0.250. The third-order valence-corrected chi connectivity index (χ3v) is 3.85. The van der Waals surface area contributed by atoms with E-state index in [2.05, 4.69) is 15.0 Å². The summed E-state index contributed by atoms with van der Waals surface area (Å²) in [7, 11) is -2.74. The van der Waals surface area contributed by atoms with Crippen molar-refractivity contribution >= 4 is 22.3 Å². The molecule has 3 aromatic rings. The molecule has 0 unspecified atom stereocenters. The van der Waals surface area contributed by atoms with Crippen molar-refractivity contribution in [3.05, 3.63) is 54.2 Å². The van der Waals surface area contributed by atoms with Crippen LogP contribution in [0, 0.1) is 6.92 Å². The van der Waals surface area contributed by atoms with Crippen LogP contribution in [0.25, 0.3) is 10.9 Å². The van der Waals surface area contributed by atoms with Crippen LogP contribution in [0.4, 0.5) is 24.5 Å². The van der Waals surface area contributed by atoms with Crippen molar-refractivity contribution in [1.29, 1.82) is 0 Å². The predicted octanol–water partition coefficient (Wildman–Crippen LogP) is 5.21. The second kappa shape index (κ2) is 8.35. The molecule has 0 aliphatic carbocycles. The van der Waals surface area contributed by atoms with Crippen LogP contribution in [-0.4, -0.2) is 31.6 Å². The van der Waals surface area contributed by atoms with E-state index in [1.165, 1.54) is 18.2 Å². The number of nitrogens with one attached hydrogen (secondary N) is 1. The molecule has 28 heavy (non-hydrogen) atoms. The number of nitrogens with zero attached hydrogens (tertiary/aromatic N) is 1. The first kappa shape index (κ1) is 16.0. The van der Waals surface area contributed by atoms with Gasteiger partial charge in [0.25, 0.3) is 0 Å². The summed E-state index contributed by atoms with van der Waals surface area (Å²) in [5.74, 6) is 0.0806. The molecule has 5 nitrogen and oxygen atoms in total. The van der Waals surface area contributed by atoms with Gasteiger partial charge < -0.3 is 14.8 Å². The second-order valence-corrected chi connectivity index (χ2v) is 5.91. The Morgan fingerprint density at radius 3 is 2.71 bits per heavy atom. The lowest BCUT2D eigenvalue weighted by atomic mass is 10.1. The second-order valence-electron chi connectivity index (χ2n) is 5.91. The molecule has 0 amide bonds. The molecule has 0 fully saturated rings. The highest BCUT2D eigenvalue weighted by molar-refractivity contribution is 5.93. The lowest BCUT2D eigenvalue weighted by Crippen LogP contribution is -2.18. The molecule has 1 heterocycles. The van der Waals surface area contributed by atoms with Gasteiger partial charge in [-0.15, -0.1) is 13.2 Å². The molecule has 0 saturated carbocycles. The Morgan fingerprint density at radius 2 is 1.93 bits per heavy atom. The number of hydrogen-bond acceptors (Lipinski definition) is 5. The minimum atomic E-state index is -4.75. The molecule has 0 radical (unpaired) electrons. The monoisotopic (exact) mass is 395 g/mol. The highest BCUT2D eigenvalue weighted by atomic mass is 19.4. The summed E-state index contributed by atoms with van der Waals surface area (Å²) in [6.45, 7) is 0.858. The van der Waals surface area contributed by atoms with Crippen LogP contribution in [0.2, 0.25) is 0 Å². The van der Waals surface area contributed by atoms with Crippen LogP contribution >= 0.6 is 0 Å².